The molecule has 0 amide bonds. The van der Waals surface area contributed by atoms with Gasteiger partial charge >= 0.3 is 5.63 Å². The lowest BCUT2D eigenvalue weighted by atomic mass is 10.2. The standard InChI is InChI=1S/C16H12O7/c1-20-9-2-3-11-14(6-16(19)23-15(11)5-9)22-7-10-4-12(17)13(18)8-21-10/h2-6,8,18H,7H2,1H3. The van der Waals surface area contributed by atoms with Crippen molar-refractivity contribution in [1.82, 2.24) is 0 Å². The van der Waals surface area contributed by atoms with Gasteiger partial charge in [0.25, 0.3) is 0 Å². The van der Waals surface area contributed by atoms with E-state index < -0.39 is 16.8 Å². The second-order valence-corrected chi connectivity index (χ2v) is 4.68. The SMILES string of the molecule is COc1ccc2c(OCc3cc(=O)c(O)co3)cc(=O)oc2c1. The molecule has 0 bridgehead atoms. The van der Waals surface area contributed by atoms with E-state index in [1.165, 1.54) is 13.2 Å². The number of hydrogen-bond acceptors (Lipinski definition) is 7. The van der Waals surface area contributed by atoms with Crippen LogP contribution in [0.5, 0.6) is 17.2 Å². The molecule has 2 aromatic heterocycles. The summed E-state index contributed by atoms with van der Waals surface area (Å²) >= 11 is 0. The molecule has 7 nitrogen and oxygen atoms in total. The maximum absolute atomic E-state index is 11.6. The highest BCUT2D eigenvalue weighted by molar-refractivity contribution is 5.84. The van der Waals surface area contributed by atoms with Gasteiger partial charge in [-0.15, -0.1) is 0 Å². The molecule has 3 rings (SSSR count). The predicted octanol–water partition coefficient (Wildman–Crippen LogP) is 2.04. The number of hydrogen-bond donors (Lipinski definition) is 1. The van der Waals surface area contributed by atoms with Crippen molar-refractivity contribution in [3.05, 3.63) is 63.0 Å². The van der Waals surface area contributed by atoms with Crippen molar-refractivity contribution in [2.75, 3.05) is 7.11 Å². The molecule has 0 saturated carbocycles. The normalized spacial score (nSPS) is 10.7. The fraction of sp³-hybridized carbons (Fsp3) is 0.125. The third-order valence-corrected chi connectivity index (χ3v) is 3.15. The summed E-state index contributed by atoms with van der Waals surface area (Å²) in [6.07, 6.45) is 0.934. The number of methoxy groups -OCH3 is 1. The molecule has 2 heterocycles. The fourth-order valence-electron chi connectivity index (χ4n) is 2.03. The highest BCUT2D eigenvalue weighted by Crippen LogP contribution is 2.27. The maximum atomic E-state index is 11.6. The number of rotatable bonds is 4. The Labute approximate surface area is 129 Å². The zero-order chi connectivity index (χ0) is 16.4. The molecule has 3 aromatic rings. The molecule has 1 aromatic carbocycles. The first-order valence-electron chi connectivity index (χ1n) is 6.62. The van der Waals surface area contributed by atoms with Gasteiger partial charge in [0.15, 0.2) is 5.75 Å². The average Bonchev–Trinajstić information content (AvgIpc) is 2.54. The minimum absolute atomic E-state index is 0.0832. The largest absolute Gasteiger partial charge is 0.502 e. The number of fused-ring (bicyclic) bond motifs is 1. The van der Waals surface area contributed by atoms with Crippen molar-refractivity contribution in [2.24, 2.45) is 0 Å². The first kappa shape index (κ1) is 14.7. The highest BCUT2D eigenvalue weighted by atomic mass is 16.5. The third-order valence-electron chi connectivity index (χ3n) is 3.15. The van der Waals surface area contributed by atoms with Gasteiger partial charge in [-0.2, -0.15) is 0 Å². The van der Waals surface area contributed by atoms with E-state index in [0.29, 0.717) is 16.7 Å². The number of aromatic hydroxyl groups is 1. The molecular formula is C16H12O7. The topological polar surface area (TPSA) is 99.1 Å². The lowest BCUT2D eigenvalue weighted by molar-refractivity contribution is 0.264. The molecule has 118 valence electrons. The summed E-state index contributed by atoms with van der Waals surface area (Å²) in [4.78, 5) is 23.0. The van der Waals surface area contributed by atoms with Crippen molar-refractivity contribution < 1.29 is 23.4 Å². The summed E-state index contributed by atoms with van der Waals surface area (Å²) in [6.45, 7) is -0.0832. The van der Waals surface area contributed by atoms with E-state index in [9.17, 15) is 9.59 Å². The Balaban J connectivity index is 1.94. The van der Waals surface area contributed by atoms with Crippen LogP contribution in [-0.2, 0) is 6.61 Å². The molecule has 0 aliphatic heterocycles. The molecule has 0 spiro atoms. The lowest BCUT2D eigenvalue weighted by Gasteiger charge is -2.08. The summed E-state index contributed by atoms with van der Waals surface area (Å²) < 4.78 is 20.8. The minimum Gasteiger partial charge on any atom is -0.502 e. The molecule has 0 aliphatic carbocycles. The van der Waals surface area contributed by atoms with Crippen LogP contribution >= 0.6 is 0 Å². The van der Waals surface area contributed by atoms with E-state index in [4.69, 9.17) is 23.4 Å². The van der Waals surface area contributed by atoms with E-state index in [1.54, 1.807) is 18.2 Å². The van der Waals surface area contributed by atoms with Gasteiger partial charge in [0, 0.05) is 12.1 Å². The third kappa shape index (κ3) is 3.03. The summed E-state index contributed by atoms with van der Waals surface area (Å²) in [5, 5.41) is 9.72. The highest BCUT2D eigenvalue weighted by Gasteiger charge is 2.10. The Morgan fingerprint density at radius 1 is 1.17 bits per heavy atom. The van der Waals surface area contributed by atoms with Gasteiger partial charge in [0.1, 0.15) is 35.7 Å². The lowest BCUT2D eigenvalue weighted by Crippen LogP contribution is -2.05. The maximum Gasteiger partial charge on any atom is 0.339 e. The van der Waals surface area contributed by atoms with Crippen LogP contribution in [0.4, 0.5) is 0 Å². The van der Waals surface area contributed by atoms with Gasteiger partial charge in [-0.3, -0.25) is 4.79 Å². The average molecular weight is 316 g/mol. The quantitative estimate of drug-likeness (QED) is 0.735. The first-order valence-corrected chi connectivity index (χ1v) is 6.62. The Kier molecular flexibility index (Phi) is 3.76. The summed E-state index contributed by atoms with van der Waals surface area (Å²) in [7, 11) is 1.51. The van der Waals surface area contributed by atoms with Gasteiger partial charge in [0.05, 0.1) is 18.6 Å². The zero-order valence-corrected chi connectivity index (χ0v) is 12.1. The number of ether oxygens (including phenoxy) is 2. The van der Waals surface area contributed by atoms with Crippen molar-refractivity contribution in [2.45, 2.75) is 6.61 Å². The second-order valence-electron chi connectivity index (χ2n) is 4.68. The fourth-order valence-corrected chi connectivity index (χ4v) is 2.03. The Hall–Kier alpha value is -3.22. The Morgan fingerprint density at radius 2 is 2.00 bits per heavy atom. The molecule has 1 N–H and O–H groups in total. The Morgan fingerprint density at radius 3 is 2.74 bits per heavy atom. The predicted molar refractivity (Wildman–Crippen MR) is 80.0 cm³/mol. The van der Waals surface area contributed by atoms with Crippen molar-refractivity contribution in [3.8, 4) is 17.2 Å². The molecule has 0 atom stereocenters. The van der Waals surface area contributed by atoms with Crippen LogP contribution in [0, 0.1) is 0 Å². The molecule has 0 aliphatic rings. The van der Waals surface area contributed by atoms with Crippen LogP contribution in [-0.4, -0.2) is 12.2 Å². The molecule has 0 radical (unpaired) electrons. The molecule has 0 saturated heterocycles. The summed E-state index contributed by atoms with van der Waals surface area (Å²) in [5.41, 5.74) is -0.830. The van der Waals surface area contributed by atoms with Gasteiger partial charge in [-0.25, -0.2) is 4.79 Å². The molecule has 0 fully saturated rings. The van der Waals surface area contributed by atoms with E-state index in [1.807, 2.05) is 0 Å². The van der Waals surface area contributed by atoms with Crippen LogP contribution < -0.4 is 20.5 Å². The van der Waals surface area contributed by atoms with E-state index >= 15 is 0 Å². The number of benzene rings is 1. The Bertz CT molecular complexity index is 968. The van der Waals surface area contributed by atoms with Crippen LogP contribution in [0.1, 0.15) is 5.76 Å². The monoisotopic (exact) mass is 316 g/mol. The second kappa shape index (κ2) is 5.88. The summed E-state index contributed by atoms with van der Waals surface area (Å²) in [6, 6.07) is 7.29. The van der Waals surface area contributed by atoms with Crippen molar-refractivity contribution in [3.63, 3.8) is 0 Å². The van der Waals surface area contributed by atoms with Gasteiger partial charge < -0.3 is 23.4 Å². The van der Waals surface area contributed by atoms with Crippen LogP contribution in [0.25, 0.3) is 11.0 Å². The van der Waals surface area contributed by atoms with Gasteiger partial charge in [-0.1, -0.05) is 0 Å². The molecule has 7 heteroatoms. The van der Waals surface area contributed by atoms with Crippen LogP contribution in [0.15, 0.2) is 55.0 Å². The van der Waals surface area contributed by atoms with E-state index in [0.717, 1.165) is 12.3 Å². The van der Waals surface area contributed by atoms with Gasteiger partial charge in [0.2, 0.25) is 5.43 Å². The van der Waals surface area contributed by atoms with Crippen molar-refractivity contribution >= 4 is 11.0 Å². The molecule has 23 heavy (non-hydrogen) atoms. The van der Waals surface area contributed by atoms with E-state index in [2.05, 4.69) is 0 Å². The van der Waals surface area contributed by atoms with Crippen molar-refractivity contribution in [1.29, 1.82) is 0 Å². The molecular weight excluding hydrogens is 304 g/mol. The van der Waals surface area contributed by atoms with Gasteiger partial charge in [-0.05, 0) is 12.1 Å². The molecule has 0 unspecified atom stereocenters. The summed E-state index contributed by atoms with van der Waals surface area (Å²) in [5.74, 6) is 0.561. The minimum atomic E-state index is -0.576. The van der Waals surface area contributed by atoms with Crippen LogP contribution in [0.2, 0.25) is 0 Å². The van der Waals surface area contributed by atoms with E-state index in [-0.39, 0.29) is 18.1 Å². The van der Waals surface area contributed by atoms with Crippen LogP contribution in [0.3, 0.4) is 0 Å². The first-order chi connectivity index (χ1) is 11.1. The zero-order valence-electron chi connectivity index (χ0n) is 12.1. The smallest absolute Gasteiger partial charge is 0.339 e.